The molecular weight excluding hydrogens is 276 g/mol. The van der Waals surface area contributed by atoms with Crippen LogP contribution in [0.4, 0.5) is 0 Å². The van der Waals surface area contributed by atoms with E-state index in [1.54, 1.807) is 14.2 Å². The van der Waals surface area contributed by atoms with Crippen molar-refractivity contribution in [1.82, 2.24) is 15.2 Å². The molecule has 0 aliphatic rings. The first-order chi connectivity index (χ1) is 10.7. The lowest BCUT2D eigenvalue weighted by atomic mass is 10.1. The molecule has 0 amide bonds. The summed E-state index contributed by atoms with van der Waals surface area (Å²) in [7, 11) is 5.50. The van der Waals surface area contributed by atoms with Gasteiger partial charge in [0.05, 0.1) is 7.11 Å². The van der Waals surface area contributed by atoms with Gasteiger partial charge in [0, 0.05) is 39.6 Å². The molecule has 2 rings (SSSR count). The summed E-state index contributed by atoms with van der Waals surface area (Å²) in [6.07, 6.45) is 5.01. The van der Waals surface area contributed by atoms with Crippen LogP contribution in [0.3, 0.4) is 0 Å². The highest BCUT2D eigenvalue weighted by atomic mass is 16.5. The Labute approximate surface area is 132 Å². The Hall–Kier alpha value is -2.43. The number of benzene rings is 1. The largest absolute Gasteiger partial charge is 0.496 e. The molecule has 0 aliphatic heterocycles. The Morgan fingerprint density at radius 2 is 2.05 bits per heavy atom. The maximum atomic E-state index is 5.36. The zero-order chi connectivity index (χ0) is 15.8. The van der Waals surface area contributed by atoms with Crippen molar-refractivity contribution in [1.29, 1.82) is 0 Å². The van der Waals surface area contributed by atoms with Gasteiger partial charge in [-0.1, -0.05) is 18.2 Å². The third kappa shape index (κ3) is 4.55. The van der Waals surface area contributed by atoms with Gasteiger partial charge in [-0.15, -0.1) is 0 Å². The Bertz CT molecular complexity index is 619. The van der Waals surface area contributed by atoms with Crippen LogP contribution in [0.25, 0.3) is 0 Å². The number of guanidine groups is 1. The van der Waals surface area contributed by atoms with Gasteiger partial charge in [0.15, 0.2) is 5.96 Å². The molecule has 2 aromatic rings. The molecule has 0 saturated carbocycles. The number of hydrogen-bond donors (Lipinski definition) is 2. The standard InChI is InChI=1S/C17H24N4O/c1-18-17(20-12-14-9-11-21(2)13-14)19-10-8-15-6-4-5-7-16(15)22-3/h4-7,9,11,13H,8,10,12H2,1-3H3,(H2,18,19,20). The molecule has 0 saturated heterocycles. The third-order valence-electron chi connectivity index (χ3n) is 3.46. The first kappa shape index (κ1) is 15.9. The van der Waals surface area contributed by atoms with Gasteiger partial charge >= 0.3 is 0 Å². The van der Waals surface area contributed by atoms with E-state index in [4.69, 9.17) is 4.74 Å². The van der Waals surface area contributed by atoms with E-state index in [0.717, 1.165) is 31.2 Å². The second-order valence-corrected chi connectivity index (χ2v) is 5.10. The van der Waals surface area contributed by atoms with Crippen molar-refractivity contribution in [2.75, 3.05) is 20.7 Å². The molecule has 1 aromatic heterocycles. The number of aromatic nitrogens is 1. The molecular formula is C17H24N4O. The van der Waals surface area contributed by atoms with Crippen molar-refractivity contribution in [3.63, 3.8) is 0 Å². The maximum Gasteiger partial charge on any atom is 0.191 e. The fourth-order valence-electron chi connectivity index (χ4n) is 2.30. The second kappa shape index (κ2) is 8.12. The van der Waals surface area contributed by atoms with Gasteiger partial charge in [-0.25, -0.2) is 0 Å². The monoisotopic (exact) mass is 300 g/mol. The van der Waals surface area contributed by atoms with E-state index in [2.05, 4.69) is 34.0 Å². The normalized spacial score (nSPS) is 11.3. The number of hydrogen-bond acceptors (Lipinski definition) is 2. The van der Waals surface area contributed by atoms with E-state index in [9.17, 15) is 0 Å². The van der Waals surface area contributed by atoms with Gasteiger partial charge in [0.25, 0.3) is 0 Å². The lowest BCUT2D eigenvalue weighted by Crippen LogP contribution is -2.37. The predicted molar refractivity (Wildman–Crippen MR) is 90.3 cm³/mol. The summed E-state index contributed by atoms with van der Waals surface area (Å²) in [5.74, 6) is 1.73. The molecule has 22 heavy (non-hydrogen) atoms. The topological polar surface area (TPSA) is 50.6 Å². The Balaban J connectivity index is 1.79. The molecule has 0 radical (unpaired) electrons. The SMILES string of the molecule is CN=C(NCCc1ccccc1OC)NCc1ccn(C)c1. The van der Waals surface area contributed by atoms with Crippen LogP contribution >= 0.6 is 0 Å². The maximum absolute atomic E-state index is 5.36. The zero-order valence-electron chi connectivity index (χ0n) is 13.5. The fraction of sp³-hybridized carbons (Fsp3) is 0.353. The average Bonchev–Trinajstić information content (AvgIpc) is 2.96. The molecule has 2 N–H and O–H groups in total. The minimum Gasteiger partial charge on any atom is -0.496 e. The van der Waals surface area contributed by atoms with Gasteiger partial charge in [0.1, 0.15) is 5.75 Å². The summed E-state index contributed by atoms with van der Waals surface area (Å²) >= 11 is 0. The number of rotatable bonds is 6. The number of nitrogens with one attached hydrogen (secondary N) is 2. The summed E-state index contributed by atoms with van der Waals surface area (Å²) in [6.45, 7) is 1.56. The Kier molecular flexibility index (Phi) is 5.89. The second-order valence-electron chi connectivity index (χ2n) is 5.10. The van der Waals surface area contributed by atoms with Crippen molar-refractivity contribution in [2.45, 2.75) is 13.0 Å². The van der Waals surface area contributed by atoms with E-state index in [1.165, 1.54) is 11.1 Å². The zero-order valence-corrected chi connectivity index (χ0v) is 13.5. The van der Waals surface area contributed by atoms with Crippen LogP contribution in [-0.4, -0.2) is 31.2 Å². The average molecular weight is 300 g/mol. The smallest absolute Gasteiger partial charge is 0.191 e. The molecule has 0 aliphatic carbocycles. The predicted octanol–water partition coefficient (Wildman–Crippen LogP) is 1.94. The number of aryl methyl sites for hydroxylation is 1. The van der Waals surface area contributed by atoms with Gasteiger partial charge in [-0.05, 0) is 29.7 Å². The molecule has 5 nitrogen and oxygen atoms in total. The highest BCUT2D eigenvalue weighted by Crippen LogP contribution is 2.17. The first-order valence-electron chi connectivity index (χ1n) is 7.40. The quantitative estimate of drug-likeness (QED) is 0.633. The fourth-order valence-corrected chi connectivity index (χ4v) is 2.30. The van der Waals surface area contributed by atoms with Crippen molar-refractivity contribution in [3.05, 3.63) is 53.9 Å². The van der Waals surface area contributed by atoms with Crippen LogP contribution in [0.5, 0.6) is 5.75 Å². The summed E-state index contributed by atoms with van der Waals surface area (Å²) in [5.41, 5.74) is 2.42. The molecule has 0 fully saturated rings. The highest BCUT2D eigenvalue weighted by Gasteiger charge is 2.03. The summed E-state index contributed by atoms with van der Waals surface area (Å²) in [6, 6.07) is 10.2. The summed E-state index contributed by atoms with van der Waals surface area (Å²) < 4.78 is 7.40. The van der Waals surface area contributed by atoms with Crippen molar-refractivity contribution in [3.8, 4) is 5.75 Å². The highest BCUT2D eigenvalue weighted by molar-refractivity contribution is 5.79. The van der Waals surface area contributed by atoms with Gasteiger partial charge in [-0.2, -0.15) is 0 Å². The van der Waals surface area contributed by atoms with Crippen molar-refractivity contribution in [2.24, 2.45) is 12.0 Å². The summed E-state index contributed by atoms with van der Waals surface area (Å²) in [5, 5.41) is 6.63. The molecule has 0 spiro atoms. The van der Waals surface area contributed by atoms with Crippen LogP contribution in [0, 0.1) is 0 Å². The van der Waals surface area contributed by atoms with Crippen LogP contribution in [0.15, 0.2) is 47.7 Å². The van der Waals surface area contributed by atoms with E-state index in [0.29, 0.717) is 0 Å². The number of ether oxygens (including phenoxy) is 1. The van der Waals surface area contributed by atoms with E-state index < -0.39 is 0 Å². The Morgan fingerprint density at radius 3 is 2.73 bits per heavy atom. The molecule has 118 valence electrons. The van der Waals surface area contributed by atoms with E-state index in [-0.39, 0.29) is 0 Å². The van der Waals surface area contributed by atoms with Gasteiger partial charge < -0.3 is 19.9 Å². The Morgan fingerprint density at radius 1 is 1.23 bits per heavy atom. The molecule has 0 atom stereocenters. The van der Waals surface area contributed by atoms with Crippen LogP contribution in [-0.2, 0) is 20.0 Å². The third-order valence-corrected chi connectivity index (χ3v) is 3.46. The van der Waals surface area contributed by atoms with Crippen molar-refractivity contribution >= 4 is 5.96 Å². The van der Waals surface area contributed by atoms with Crippen LogP contribution < -0.4 is 15.4 Å². The number of aliphatic imine (C=N–C) groups is 1. The molecule has 1 heterocycles. The molecule has 5 heteroatoms. The van der Waals surface area contributed by atoms with Crippen molar-refractivity contribution < 1.29 is 4.74 Å². The van der Waals surface area contributed by atoms with Crippen LogP contribution in [0.1, 0.15) is 11.1 Å². The van der Waals surface area contributed by atoms with E-state index in [1.807, 2.05) is 36.0 Å². The summed E-state index contributed by atoms with van der Waals surface area (Å²) in [4.78, 5) is 4.24. The minimum atomic E-state index is 0.759. The van der Waals surface area contributed by atoms with E-state index >= 15 is 0 Å². The number of nitrogens with zero attached hydrogens (tertiary/aromatic N) is 2. The molecule has 0 bridgehead atoms. The first-order valence-corrected chi connectivity index (χ1v) is 7.40. The molecule has 1 aromatic carbocycles. The molecule has 0 unspecified atom stereocenters. The van der Waals surface area contributed by atoms with Crippen LogP contribution in [0.2, 0.25) is 0 Å². The lowest BCUT2D eigenvalue weighted by molar-refractivity contribution is 0.409. The minimum absolute atomic E-state index is 0.759. The number of methoxy groups -OCH3 is 1. The number of para-hydroxylation sites is 1. The van der Waals surface area contributed by atoms with Gasteiger partial charge in [-0.3, -0.25) is 4.99 Å². The lowest BCUT2D eigenvalue weighted by Gasteiger charge is -2.12. The van der Waals surface area contributed by atoms with Gasteiger partial charge in [0.2, 0.25) is 0 Å².